The molecule has 0 spiro atoms. The lowest BCUT2D eigenvalue weighted by molar-refractivity contribution is -0.143. The van der Waals surface area contributed by atoms with Crippen molar-refractivity contribution in [1.82, 2.24) is 4.90 Å². The number of esters is 1. The molecular formula is C14H17NO2. The van der Waals surface area contributed by atoms with Gasteiger partial charge in [-0.25, -0.2) is 0 Å². The van der Waals surface area contributed by atoms with Gasteiger partial charge in [0.15, 0.2) is 0 Å². The van der Waals surface area contributed by atoms with Crippen LogP contribution in [0.2, 0.25) is 0 Å². The summed E-state index contributed by atoms with van der Waals surface area (Å²) in [6.45, 7) is 3.12. The third kappa shape index (κ3) is 1.84. The molecule has 2 aliphatic rings. The van der Waals surface area contributed by atoms with Crippen LogP contribution in [-0.4, -0.2) is 29.6 Å². The molecule has 17 heavy (non-hydrogen) atoms. The minimum atomic E-state index is -0.0321. The van der Waals surface area contributed by atoms with Crippen molar-refractivity contribution in [3.63, 3.8) is 0 Å². The zero-order valence-electron chi connectivity index (χ0n) is 10.0. The summed E-state index contributed by atoms with van der Waals surface area (Å²) in [7, 11) is 0. The molecule has 2 fully saturated rings. The Morgan fingerprint density at radius 1 is 1.35 bits per heavy atom. The minimum absolute atomic E-state index is 0.0241. The molecule has 3 atom stereocenters. The second-order valence-corrected chi connectivity index (χ2v) is 4.92. The number of piperidine rings is 1. The molecule has 3 heteroatoms. The van der Waals surface area contributed by atoms with Gasteiger partial charge >= 0.3 is 5.97 Å². The summed E-state index contributed by atoms with van der Waals surface area (Å²) in [4.78, 5) is 14.0. The summed E-state index contributed by atoms with van der Waals surface area (Å²) in [6, 6.07) is 10.6. The van der Waals surface area contributed by atoms with Crippen molar-refractivity contribution in [2.24, 2.45) is 0 Å². The van der Waals surface area contributed by atoms with Crippen molar-refractivity contribution in [3.8, 4) is 0 Å². The van der Waals surface area contributed by atoms with Gasteiger partial charge in [0, 0.05) is 19.0 Å². The first-order valence-electron chi connectivity index (χ1n) is 6.27. The highest BCUT2D eigenvalue weighted by molar-refractivity contribution is 5.78. The molecule has 1 aromatic carbocycles. The molecule has 0 amide bonds. The van der Waals surface area contributed by atoms with E-state index in [1.807, 2.05) is 18.2 Å². The normalized spacial score (nSPS) is 30.1. The first-order chi connectivity index (χ1) is 8.25. The smallest absolute Gasteiger partial charge is 0.323 e. The number of carbonyl (C=O) groups is 1. The third-order valence-electron chi connectivity index (χ3n) is 3.93. The Morgan fingerprint density at radius 3 is 2.88 bits per heavy atom. The van der Waals surface area contributed by atoms with Crippen LogP contribution in [-0.2, 0) is 9.53 Å². The maximum atomic E-state index is 11.7. The van der Waals surface area contributed by atoms with E-state index in [4.69, 9.17) is 4.74 Å². The van der Waals surface area contributed by atoms with Gasteiger partial charge in [0.1, 0.15) is 12.1 Å². The fourth-order valence-electron chi connectivity index (χ4n) is 2.92. The first kappa shape index (κ1) is 10.8. The Balaban J connectivity index is 1.82. The molecule has 0 aromatic heterocycles. The predicted molar refractivity (Wildman–Crippen MR) is 64.5 cm³/mol. The van der Waals surface area contributed by atoms with Crippen LogP contribution in [0.4, 0.5) is 0 Å². The lowest BCUT2D eigenvalue weighted by Gasteiger charge is -2.34. The summed E-state index contributed by atoms with van der Waals surface area (Å²) in [5, 5.41) is 0. The molecule has 2 bridgehead atoms. The van der Waals surface area contributed by atoms with Gasteiger partial charge in [0.2, 0.25) is 0 Å². The summed E-state index contributed by atoms with van der Waals surface area (Å²) in [6.07, 6.45) is 2.02. The van der Waals surface area contributed by atoms with Crippen LogP contribution in [0.1, 0.15) is 31.4 Å². The molecule has 2 saturated heterocycles. The number of ether oxygens (including phenoxy) is 1. The molecule has 3 rings (SSSR count). The maximum absolute atomic E-state index is 11.7. The zero-order chi connectivity index (χ0) is 11.8. The number of carbonyl (C=O) groups excluding carboxylic acids is 1. The van der Waals surface area contributed by atoms with Crippen LogP contribution in [0.3, 0.4) is 0 Å². The monoisotopic (exact) mass is 231 g/mol. The maximum Gasteiger partial charge on any atom is 0.323 e. The van der Waals surface area contributed by atoms with Crippen LogP contribution < -0.4 is 0 Å². The second-order valence-electron chi connectivity index (χ2n) is 4.92. The first-order valence-corrected chi connectivity index (χ1v) is 6.27. The average Bonchev–Trinajstić information content (AvgIpc) is 2.66. The molecule has 1 aromatic rings. The Bertz CT molecular complexity index is 417. The van der Waals surface area contributed by atoms with Crippen molar-refractivity contribution >= 4 is 5.97 Å². The van der Waals surface area contributed by atoms with Gasteiger partial charge < -0.3 is 4.74 Å². The van der Waals surface area contributed by atoms with Crippen LogP contribution >= 0.6 is 0 Å². The quantitative estimate of drug-likeness (QED) is 0.730. The van der Waals surface area contributed by atoms with Crippen LogP contribution in [0.15, 0.2) is 30.3 Å². The van der Waals surface area contributed by atoms with E-state index in [9.17, 15) is 4.79 Å². The van der Waals surface area contributed by atoms with Gasteiger partial charge in [-0.1, -0.05) is 30.3 Å². The lowest BCUT2D eigenvalue weighted by Crippen LogP contribution is -2.43. The molecule has 90 valence electrons. The molecule has 2 aliphatic heterocycles. The number of hydrogen-bond acceptors (Lipinski definition) is 3. The SMILES string of the molecule is C[C@@H](c1ccccc1)N1CC[C@H]2C[C@@H]1C(=O)O2. The molecule has 0 saturated carbocycles. The van der Waals surface area contributed by atoms with Gasteiger partial charge in [-0.2, -0.15) is 0 Å². The fourth-order valence-corrected chi connectivity index (χ4v) is 2.92. The fraction of sp³-hybridized carbons (Fsp3) is 0.500. The van der Waals surface area contributed by atoms with E-state index in [1.165, 1.54) is 5.56 Å². The summed E-state index contributed by atoms with van der Waals surface area (Å²) in [5.41, 5.74) is 1.27. The van der Waals surface area contributed by atoms with Crippen LogP contribution in [0.25, 0.3) is 0 Å². The Labute approximate surface area is 101 Å². The Kier molecular flexibility index (Phi) is 2.63. The number of hydrogen-bond donors (Lipinski definition) is 0. The molecular weight excluding hydrogens is 214 g/mol. The molecule has 2 heterocycles. The number of rotatable bonds is 2. The summed E-state index contributed by atoms with van der Waals surface area (Å²) >= 11 is 0. The van der Waals surface area contributed by atoms with Crippen molar-refractivity contribution in [2.75, 3.05) is 6.54 Å². The Hall–Kier alpha value is -1.35. The predicted octanol–water partition coefficient (Wildman–Crippen LogP) is 2.14. The van der Waals surface area contributed by atoms with Crippen molar-refractivity contribution in [1.29, 1.82) is 0 Å². The van der Waals surface area contributed by atoms with E-state index in [-0.39, 0.29) is 24.2 Å². The van der Waals surface area contributed by atoms with Crippen molar-refractivity contribution in [2.45, 2.75) is 38.0 Å². The Morgan fingerprint density at radius 2 is 2.12 bits per heavy atom. The second kappa shape index (κ2) is 4.15. The number of benzene rings is 1. The standard InChI is InChI=1S/C14H17NO2/c1-10(11-5-3-2-4-6-11)15-8-7-12-9-13(15)14(16)17-12/h2-6,10,12-13H,7-9H2,1H3/t10-,12-,13+/m0/s1. The van der Waals surface area contributed by atoms with E-state index >= 15 is 0 Å². The highest BCUT2D eigenvalue weighted by atomic mass is 16.6. The number of fused-ring (bicyclic) bond motifs is 2. The van der Waals surface area contributed by atoms with Gasteiger partial charge in [-0.05, 0) is 18.9 Å². The molecule has 3 nitrogen and oxygen atoms in total. The minimum Gasteiger partial charge on any atom is -0.461 e. The van der Waals surface area contributed by atoms with Gasteiger partial charge in [0.25, 0.3) is 0 Å². The highest BCUT2D eigenvalue weighted by Crippen LogP contribution is 2.34. The lowest BCUT2D eigenvalue weighted by atomic mass is 9.98. The van der Waals surface area contributed by atoms with Gasteiger partial charge in [0.05, 0.1) is 0 Å². The third-order valence-corrected chi connectivity index (χ3v) is 3.93. The highest BCUT2D eigenvalue weighted by Gasteiger charge is 2.44. The van der Waals surface area contributed by atoms with Crippen LogP contribution in [0.5, 0.6) is 0 Å². The average molecular weight is 231 g/mol. The number of nitrogens with zero attached hydrogens (tertiary/aromatic N) is 1. The summed E-state index contributed by atoms with van der Waals surface area (Å²) in [5.74, 6) is -0.0321. The number of likely N-dealkylation sites (tertiary alicyclic amines) is 1. The van der Waals surface area contributed by atoms with Gasteiger partial charge in [-0.3, -0.25) is 9.69 Å². The summed E-state index contributed by atoms with van der Waals surface area (Å²) < 4.78 is 5.32. The topological polar surface area (TPSA) is 29.5 Å². The van der Waals surface area contributed by atoms with E-state index in [0.717, 1.165) is 19.4 Å². The molecule has 0 aliphatic carbocycles. The zero-order valence-corrected chi connectivity index (χ0v) is 10.0. The molecule has 0 N–H and O–H groups in total. The van der Waals surface area contributed by atoms with E-state index in [0.29, 0.717) is 0 Å². The van der Waals surface area contributed by atoms with Crippen LogP contribution in [0, 0.1) is 0 Å². The molecule has 0 radical (unpaired) electrons. The van der Waals surface area contributed by atoms with Crippen molar-refractivity contribution in [3.05, 3.63) is 35.9 Å². The van der Waals surface area contributed by atoms with Crippen molar-refractivity contribution < 1.29 is 9.53 Å². The molecule has 0 unspecified atom stereocenters. The van der Waals surface area contributed by atoms with E-state index in [1.54, 1.807) is 0 Å². The van der Waals surface area contributed by atoms with E-state index in [2.05, 4.69) is 24.0 Å². The largest absolute Gasteiger partial charge is 0.461 e. The van der Waals surface area contributed by atoms with Gasteiger partial charge in [-0.15, -0.1) is 0 Å². The van der Waals surface area contributed by atoms with E-state index < -0.39 is 0 Å².